The molecule has 1 aliphatic heterocycles. The second-order valence-electron chi connectivity index (χ2n) is 7.06. The average molecular weight is 503 g/mol. The first-order valence-corrected chi connectivity index (χ1v) is 10.9. The summed E-state index contributed by atoms with van der Waals surface area (Å²) in [6.45, 7) is 0.498. The van der Waals surface area contributed by atoms with Crippen molar-refractivity contribution < 1.29 is 29.0 Å². The fourth-order valence-corrected chi connectivity index (χ4v) is 3.50. The Bertz CT molecular complexity index is 1040. The maximum Gasteiger partial charge on any atom is 0.303 e. The lowest BCUT2D eigenvalue weighted by molar-refractivity contribution is -0.137. The number of carbonyl (C=O) groups is 3. The van der Waals surface area contributed by atoms with Crippen molar-refractivity contribution in [3.05, 3.63) is 63.8 Å². The van der Waals surface area contributed by atoms with E-state index in [0.29, 0.717) is 52.9 Å². The lowest BCUT2D eigenvalue weighted by atomic mass is 10.1. The van der Waals surface area contributed by atoms with Crippen LogP contribution in [0.3, 0.4) is 0 Å². The van der Waals surface area contributed by atoms with Crippen LogP contribution in [0.15, 0.2) is 52.6 Å². The number of hydrogen-bond donors (Lipinski definition) is 3. The molecule has 0 aromatic heterocycles. The maximum absolute atomic E-state index is 12.8. The molecule has 2 aromatic rings. The molecule has 0 saturated carbocycles. The third-order valence-corrected chi connectivity index (χ3v) is 5.36. The summed E-state index contributed by atoms with van der Waals surface area (Å²) < 4.78 is 11.3. The van der Waals surface area contributed by atoms with E-state index in [1.807, 2.05) is 0 Å². The lowest BCUT2D eigenvalue weighted by Crippen LogP contribution is -2.35. The molecule has 3 rings (SSSR count). The second kappa shape index (κ2) is 11.3. The van der Waals surface area contributed by atoms with Gasteiger partial charge in [0.1, 0.15) is 5.70 Å². The van der Waals surface area contributed by atoms with Crippen LogP contribution in [0, 0.1) is 0 Å². The number of ether oxygens (including phenoxy) is 2. The molecule has 0 fully saturated rings. The van der Waals surface area contributed by atoms with Crippen LogP contribution in [0.25, 0.3) is 6.08 Å². The van der Waals surface area contributed by atoms with Gasteiger partial charge in [-0.2, -0.15) is 0 Å². The van der Waals surface area contributed by atoms with Gasteiger partial charge in [0.05, 0.1) is 5.56 Å². The number of hydrogen-bond acceptors (Lipinski definition) is 5. The molecule has 0 unspecified atom stereocenters. The molecule has 0 aliphatic carbocycles. The molecule has 9 heteroatoms. The summed E-state index contributed by atoms with van der Waals surface area (Å²) in [5.74, 6) is -0.527. The van der Waals surface area contributed by atoms with Crippen molar-refractivity contribution in [2.75, 3.05) is 13.3 Å². The first kappa shape index (κ1) is 23.3. The summed E-state index contributed by atoms with van der Waals surface area (Å²) in [5.41, 5.74) is 1.13. The highest BCUT2D eigenvalue weighted by Gasteiger charge is 2.18. The van der Waals surface area contributed by atoms with Gasteiger partial charge in [0.15, 0.2) is 11.5 Å². The highest BCUT2D eigenvalue weighted by atomic mass is 79.9. The van der Waals surface area contributed by atoms with Crippen molar-refractivity contribution in [1.29, 1.82) is 0 Å². The van der Waals surface area contributed by atoms with Crippen molar-refractivity contribution in [2.24, 2.45) is 0 Å². The Morgan fingerprint density at radius 3 is 2.59 bits per heavy atom. The summed E-state index contributed by atoms with van der Waals surface area (Å²) >= 11 is 3.35. The van der Waals surface area contributed by atoms with E-state index in [1.165, 1.54) is 0 Å². The van der Waals surface area contributed by atoms with E-state index in [2.05, 4.69) is 26.6 Å². The number of carboxylic acid groups (broad SMARTS) is 1. The van der Waals surface area contributed by atoms with E-state index in [0.717, 1.165) is 0 Å². The van der Waals surface area contributed by atoms with E-state index in [-0.39, 0.29) is 18.9 Å². The third kappa shape index (κ3) is 6.58. The molecule has 8 nitrogen and oxygen atoms in total. The summed E-state index contributed by atoms with van der Waals surface area (Å²) in [7, 11) is 0. The van der Waals surface area contributed by atoms with Crippen LogP contribution in [0.2, 0.25) is 0 Å². The summed E-state index contributed by atoms with van der Waals surface area (Å²) in [5, 5.41) is 14.2. The van der Waals surface area contributed by atoms with E-state index >= 15 is 0 Å². The van der Waals surface area contributed by atoms with E-state index in [1.54, 1.807) is 48.5 Å². The number of carboxylic acids is 1. The fourth-order valence-electron chi connectivity index (χ4n) is 3.04. The van der Waals surface area contributed by atoms with E-state index in [9.17, 15) is 14.4 Å². The SMILES string of the molecule is O=C(O)CCCCCNC(=O)/C(=C\c1ccc2c(c1)OCO2)NC(=O)c1ccccc1Br. The van der Waals surface area contributed by atoms with E-state index in [4.69, 9.17) is 14.6 Å². The molecule has 0 bridgehead atoms. The van der Waals surface area contributed by atoms with Crippen molar-refractivity contribution in [3.8, 4) is 11.5 Å². The first-order chi connectivity index (χ1) is 15.4. The molecule has 1 aliphatic rings. The predicted molar refractivity (Wildman–Crippen MR) is 121 cm³/mol. The Kier molecular flexibility index (Phi) is 8.27. The number of aliphatic carboxylic acids is 1. The van der Waals surface area contributed by atoms with Gasteiger partial charge in [-0.3, -0.25) is 14.4 Å². The molecule has 0 saturated heterocycles. The van der Waals surface area contributed by atoms with Crippen LogP contribution < -0.4 is 20.1 Å². The molecular weight excluding hydrogens is 480 g/mol. The number of amides is 2. The predicted octanol–water partition coefficient (Wildman–Crippen LogP) is 3.71. The topological polar surface area (TPSA) is 114 Å². The molecule has 2 amide bonds. The van der Waals surface area contributed by atoms with Crippen LogP contribution in [0.1, 0.15) is 41.6 Å². The first-order valence-electron chi connectivity index (χ1n) is 10.1. The highest BCUT2D eigenvalue weighted by Crippen LogP contribution is 2.33. The number of fused-ring (bicyclic) bond motifs is 1. The van der Waals surface area contributed by atoms with Crippen molar-refractivity contribution in [3.63, 3.8) is 0 Å². The zero-order valence-electron chi connectivity index (χ0n) is 17.2. The Morgan fingerprint density at radius 2 is 1.81 bits per heavy atom. The van der Waals surface area contributed by atoms with Crippen LogP contribution in [0.4, 0.5) is 0 Å². The minimum Gasteiger partial charge on any atom is -0.481 e. The monoisotopic (exact) mass is 502 g/mol. The number of rotatable bonds is 10. The Hall–Kier alpha value is -3.33. The minimum atomic E-state index is -0.835. The third-order valence-electron chi connectivity index (χ3n) is 4.67. The van der Waals surface area contributed by atoms with Gasteiger partial charge in [0.25, 0.3) is 11.8 Å². The van der Waals surface area contributed by atoms with Gasteiger partial charge >= 0.3 is 5.97 Å². The second-order valence-corrected chi connectivity index (χ2v) is 7.92. The van der Waals surface area contributed by atoms with Crippen LogP contribution in [0.5, 0.6) is 11.5 Å². The molecule has 3 N–H and O–H groups in total. The summed E-state index contributed by atoms with van der Waals surface area (Å²) in [6.07, 6.45) is 3.52. The standard InChI is InChI=1S/C23H23BrN2O6/c24-17-7-4-3-6-16(17)22(29)26-18(23(30)25-11-5-1-2-8-21(27)28)12-15-9-10-19-20(13-15)32-14-31-19/h3-4,6-7,9-10,12-13H,1-2,5,8,11,14H2,(H,25,30)(H,26,29)(H,27,28)/b18-12+. The summed E-state index contributed by atoms with van der Waals surface area (Å²) in [6, 6.07) is 12.1. The van der Waals surface area contributed by atoms with Gasteiger partial charge in [-0.25, -0.2) is 0 Å². The maximum atomic E-state index is 12.8. The molecular formula is C23H23BrN2O6. The zero-order chi connectivity index (χ0) is 22.9. The summed E-state index contributed by atoms with van der Waals surface area (Å²) in [4.78, 5) is 36.2. The van der Waals surface area contributed by atoms with Gasteiger partial charge in [-0.15, -0.1) is 0 Å². The van der Waals surface area contributed by atoms with E-state index < -0.39 is 17.8 Å². The Balaban J connectivity index is 1.71. The number of nitrogens with one attached hydrogen (secondary N) is 2. The molecule has 0 spiro atoms. The lowest BCUT2D eigenvalue weighted by Gasteiger charge is -2.12. The molecule has 0 atom stereocenters. The largest absolute Gasteiger partial charge is 0.481 e. The van der Waals surface area contributed by atoms with Gasteiger partial charge in [-0.1, -0.05) is 24.6 Å². The smallest absolute Gasteiger partial charge is 0.303 e. The van der Waals surface area contributed by atoms with Crippen molar-refractivity contribution >= 4 is 39.8 Å². The molecule has 1 heterocycles. The fraction of sp³-hybridized carbons (Fsp3) is 0.261. The van der Waals surface area contributed by atoms with Crippen molar-refractivity contribution in [1.82, 2.24) is 10.6 Å². The Morgan fingerprint density at radius 1 is 1.03 bits per heavy atom. The zero-order valence-corrected chi connectivity index (χ0v) is 18.8. The van der Waals surface area contributed by atoms with Gasteiger partial charge in [-0.05, 0) is 64.7 Å². The number of benzene rings is 2. The normalized spacial score (nSPS) is 12.3. The molecule has 2 aromatic carbocycles. The Labute approximate surface area is 193 Å². The highest BCUT2D eigenvalue weighted by molar-refractivity contribution is 9.10. The van der Waals surface area contributed by atoms with Crippen LogP contribution >= 0.6 is 15.9 Å². The molecule has 32 heavy (non-hydrogen) atoms. The van der Waals surface area contributed by atoms with Crippen LogP contribution in [-0.4, -0.2) is 36.2 Å². The minimum absolute atomic E-state index is 0.0788. The van der Waals surface area contributed by atoms with Gasteiger partial charge < -0.3 is 25.2 Å². The number of unbranched alkanes of at least 4 members (excludes halogenated alkanes) is 2. The average Bonchev–Trinajstić information content (AvgIpc) is 3.23. The number of carbonyl (C=O) groups excluding carboxylic acids is 2. The van der Waals surface area contributed by atoms with Crippen molar-refractivity contribution in [2.45, 2.75) is 25.7 Å². The van der Waals surface area contributed by atoms with Gasteiger partial charge in [0, 0.05) is 17.4 Å². The molecule has 0 radical (unpaired) electrons. The van der Waals surface area contributed by atoms with Crippen LogP contribution in [-0.2, 0) is 9.59 Å². The number of halogens is 1. The van der Waals surface area contributed by atoms with Gasteiger partial charge in [0.2, 0.25) is 6.79 Å². The quantitative estimate of drug-likeness (QED) is 0.337. The molecule has 168 valence electrons.